The molecule has 98 valence electrons. The van der Waals surface area contributed by atoms with Crippen molar-refractivity contribution in [1.29, 1.82) is 0 Å². The molecule has 0 bridgehead atoms. The Bertz CT molecular complexity index is 403. The van der Waals surface area contributed by atoms with Gasteiger partial charge in [-0.05, 0) is 26.0 Å². The van der Waals surface area contributed by atoms with Crippen molar-refractivity contribution >= 4 is 5.91 Å². The van der Waals surface area contributed by atoms with Crippen LogP contribution in [0.25, 0.3) is 0 Å². The molecule has 1 heterocycles. The van der Waals surface area contributed by atoms with E-state index in [1.807, 2.05) is 36.1 Å². The summed E-state index contributed by atoms with van der Waals surface area (Å²) in [6, 6.07) is 8.10. The minimum atomic E-state index is 0.0592. The van der Waals surface area contributed by atoms with E-state index in [0.29, 0.717) is 6.04 Å². The third-order valence-corrected chi connectivity index (χ3v) is 3.10. The fourth-order valence-electron chi connectivity index (χ4n) is 2.03. The van der Waals surface area contributed by atoms with Crippen LogP contribution in [0.3, 0.4) is 0 Å². The lowest BCUT2D eigenvalue weighted by Gasteiger charge is -2.31. The zero-order chi connectivity index (χ0) is 13.0. The molecule has 1 atom stereocenters. The average molecular weight is 248 g/mol. The van der Waals surface area contributed by atoms with Gasteiger partial charge in [-0.25, -0.2) is 0 Å². The molecule has 0 aliphatic carbocycles. The first-order valence-corrected chi connectivity index (χ1v) is 6.36. The van der Waals surface area contributed by atoms with E-state index in [1.54, 1.807) is 0 Å². The molecule has 0 radical (unpaired) electrons. The molecule has 4 nitrogen and oxygen atoms in total. The van der Waals surface area contributed by atoms with Crippen LogP contribution in [-0.2, 0) is 4.79 Å². The predicted octanol–water partition coefficient (Wildman–Crippen LogP) is 1.19. The molecule has 0 spiro atoms. The number of carbonyl (C=O) groups excluding carboxylic acids is 1. The van der Waals surface area contributed by atoms with Crippen LogP contribution < -0.4 is 10.1 Å². The third-order valence-electron chi connectivity index (χ3n) is 3.10. The minimum Gasteiger partial charge on any atom is -0.484 e. The molecule has 0 saturated carbocycles. The Morgan fingerprint density at radius 1 is 1.44 bits per heavy atom. The van der Waals surface area contributed by atoms with E-state index in [9.17, 15) is 4.79 Å². The normalized spacial score (nSPS) is 19.7. The second kappa shape index (κ2) is 5.87. The predicted molar refractivity (Wildman–Crippen MR) is 70.7 cm³/mol. The smallest absolute Gasteiger partial charge is 0.260 e. The van der Waals surface area contributed by atoms with Gasteiger partial charge >= 0.3 is 0 Å². The van der Waals surface area contributed by atoms with Crippen molar-refractivity contribution in [2.45, 2.75) is 19.9 Å². The van der Waals surface area contributed by atoms with E-state index in [0.717, 1.165) is 25.4 Å². The molecule has 4 heteroatoms. The number of carbonyl (C=O) groups is 1. The molecule has 1 unspecified atom stereocenters. The van der Waals surface area contributed by atoms with Gasteiger partial charge in [0.1, 0.15) is 5.75 Å². The van der Waals surface area contributed by atoms with Crippen molar-refractivity contribution in [1.82, 2.24) is 10.2 Å². The zero-order valence-electron chi connectivity index (χ0n) is 11.0. The Labute approximate surface area is 108 Å². The van der Waals surface area contributed by atoms with Gasteiger partial charge in [0.15, 0.2) is 6.61 Å². The lowest BCUT2D eigenvalue weighted by molar-refractivity contribution is -0.134. The Kier molecular flexibility index (Phi) is 4.20. The first-order valence-electron chi connectivity index (χ1n) is 6.36. The van der Waals surface area contributed by atoms with Crippen LogP contribution >= 0.6 is 0 Å². The molecule has 0 aromatic heterocycles. The molecule has 1 aliphatic heterocycles. The number of benzene rings is 1. The quantitative estimate of drug-likeness (QED) is 0.873. The van der Waals surface area contributed by atoms with Crippen molar-refractivity contribution < 1.29 is 9.53 Å². The lowest BCUT2D eigenvalue weighted by Crippen LogP contribution is -2.52. The maximum absolute atomic E-state index is 12.0. The first kappa shape index (κ1) is 12.9. The van der Waals surface area contributed by atoms with Crippen molar-refractivity contribution in [3.8, 4) is 5.75 Å². The summed E-state index contributed by atoms with van der Waals surface area (Å²) in [5, 5.41) is 3.31. The standard InChI is InChI=1S/C14H20N2O2/c1-11-3-5-13(6-4-11)18-10-14(17)16-8-7-15-12(2)9-16/h3-6,12,15H,7-10H2,1-2H3. The highest BCUT2D eigenvalue weighted by atomic mass is 16.5. The van der Waals surface area contributed by atoms with Crippen molar-refractivity contribution in [2.24, 2.45) is 0 Å². The highest BCUT2D eigenvalue weighted by Crippen LogP contribution is 2.11. The van der Waals surface area contributed by atoms with E-state index in [4.69, 9.17) is 4.74 Å². The number of hydrogen-bond acceptors (Lipinski definition) is 3. The summed E-state index contributed by atoms with van der Waals surface area (Å²) >= 11 is 0. The number of nitrogens with one attached hydrogen (secondary N) is 1. The summed E-state index contributed by atoms with van der Waals surface area (Å²) in [5.41, 5.74) is 1.18. The second-order valence-electron chi connectivity index (χ2n) is 4.80. The van der Waals surface area contributed by atoms with Gasteiger partial charge in [-0.2, -0.15) is 0 Å². The molecule has 2 rings (SSSR count). The molecule has 1 saturated heterocycles. The summed E-state index contributed by atoms with van der Waals surface area (Å²) in [7, 11) is 0. The fourth-order valence-corrected chi connectivity index (χ4v) is 2.03. The topological polar surface area (TPSA) is 41.6 Å². The largest absolute Gasteiger partial charge is 0.484 e. The van der Waals surface area contributed by atoms with Crippen LogP contribution in [0.1, 0.15) is 12.5 Å². The summed E-state index contributed by atoms with van der Waals surface area (Å²) in [4.78, 5) is 13.8. The highest BCUT2D eigenvalue weighted by molar-refractivity contribution is 5.78. The Balaban J connectivity index is 1.82. The van der Waals surface area contributed by atoms with Gasteiger partial charge in [0.2, 0.25) is 0 Å². The molecule has 1 aromatic rings. The van der Waals surface area contributed by atoms with Crippen LogP contribution in [-0.4, -0.2) is 43.1 Å². The molecule has 1 amide bonds. The number of amides is 1. The van der Waals surface area contributed by atoms with E-state index in [2.05, 4.69) is 12.2 Å². The van der Waals surface area contributed by atoms with Gasteiger partial charge in [0.05, 0.1) is 0 Å². The van der Waals surface area contributed by atoms with Gasteiger partial charge < -0.3 is 15.0 Å². The summed E-state index contributed by atoms with van der Waals surface area (Å²) in [6.45, 7) is 6.61. The summed E-state index contributed by atoms with van der Waals surface area (Å²) in [5.74, 6) is 0.807. The van der Waals surface area contributed by atoms with Gasteiger partial charge in [-0.1, -0.05) is 17.7 Å². The molecular formula is C14H20N2O2. The third kappa shape index (κ3) is 3.47. The maximum atomic E-state index is 12.0. The van der Waals surface area contributed by atoms with Gasteiger partial charge in [-0.15, -0.1) is 0 Å². The minimum absolute atomic E-state index is 0.0592. The summed E-state index contributed by atoms with van der Waals surface area (Å²) < 4.78 is 5.50. The monoisotopic (exact) mass is 248 g/mol. The van der Waals surface area contributed by atoms with Gasteiger partial charge in [-0.3, -0.25) is 4.79 Å². The number of nitrogens with zero attached hydrogens (tertiary/aromatic N) is 1. The number of hydrogen-bond donors (Lipinski definition) is 1. The van der Waals surface area contributed by atoms with E-state index < -0.39 is 0 Å². The zero-order valence-corrected chi connectivity index (χ0v) is 11.0. The highest BCUT2D eigenvalue weighted by Gasteiger charge is 2.20. The van der Waals surface area contributed by atoms with E-state index in [1.165, 1.54) is 5.56 Å². The Morgan fingerprint density at radius 3 is 2.83 bits per heavy atom. The Hall–Kier alpha value is -1.55. The molecular weight excluding hydrogens is 228 g/mol. The van der Waals surface area contributed by atoms with Crippen LogP contribution in [0.4, 0.5) is 0 Å². The number of ether oxygens (including phenoxy) is 1. The first-order chi connectivity index (χ1) is 8.65. The van der Waals surface area contributed by atoms with Crippen LogP contribution in [0, 0.1) is 6.92 Å². The molecule has 1 aromatic carbocycles. The van der Waals surface area contributed by atoms with E-state index >= 15 is 0 Å². The van der Waals surface area contributed by atoms with Gasteiger partial charge in [0, 0.05) is 25.7 Å². The van der Waals surface area contributed by atoms with Crippen LogP contribution in [0.5, 0.6) is 5.75 Å². The number of piperazine rings is 1. The number of aryl methyl sites for hydroxylation is 1. The van der Waals surface area contributed by atoms with Crippen molar-refractivity contribution in [3.63, 3.8) is 0 Å². The lowest BCUT2D eigenvalue weighted by atomic mass is 10.2. The summed E-state index contributed by atoms with van der Waals surface area (Å²) in [6.07, 6.45) is 0. The maximum Gasteiger partial charge on any atom is 0.260 e. The van der Waals surface area contributed by atoms with E-state index in [-0.39, 0.29) is 12.5 Å². The molecule has 1 aliphatic rings. The molecule has 1 N–H and O–H groups in total. The van der Waals surface area contributed by atoms with Crippen molar-refractivity contribution in [2.75, 3.05) is 26.2 Å². The Morgan fingerprint density at radius 2 is 2.17 bits per heavy atom. The molecule has 1 fully saturated rings. The molecule has 18 heavy (non-hydrogen) atoms. The van der Waals surface area contributed by atoms with Crippen LogP contribution in [0.15, 0.2) is 24.3 Å². The van der Waals surface area contributed by atoms with Crippen molar-refractivity contribution in [3.05, 3.63) is 29.8 Å². The number of rotatable bonds is 3. The SMILES string of the molecule is Cc1ccc(OCC(=O)N2CCNC(C)C2)cc1. The average Bonchev–Trinajstić information content (AvgIpc) is 2.38. The second-order valence-corrected chi connectivity index (χ2v) is 4.80. The van der Waals surface area contributed by atoms with Crippen LogP contribution in [0.2, 0.25) is 0 Å². The van der Waals surface area contributed by atoms with Gasteiger partial charge in [0.25, 0.3) is 5.91 Å². The fraction of sp³-hybridized carbons (Fsp3) is 0.500.